The zero-order chi connectivity index (χ0) is 44.3. The van der Waals surface area contributed by atoms with Crippen molar-refractivity contribution in [3.05, 3.63) is 248 Å². The van der Waals surface area contributed by atoms with Crippen LogP contribution in [0.15, 0.2) is 237 Å². The van der Waals surface area contributed by atoms with E-state index in [4.69, 9.17) is 0 Å². The Morgan fingerprint density at radius 1 is 0.403 bits per heavy atom. The maximum atomic E-state index is 2.43. The van der Waals surface area contributed by atoms with E-state index in [9.17, 15) is 0 Å². The van der Waals surface area contributed by atoms with Crippen LogP contribution < -0.4 is 4.90 Å². The predicted octanol–water partition coefficient (Wildman–Crippen LogP) is 18.2. The van der Waals surface area contributed by atoms with Crippen molar-refractivity contribution >= 4 is 76.5 Å². The first-order chi connectivity index (χ1) is 33.2. The summed E-state index contributed by atoms with van der Waals surface area (Å²) < 4.78 is 5.04. The number of hydrogen-bond acceptors (Lipinski definition) is 2. The van der Waals surface area contributed by atoms with E-state index in [-0.39, 0.29) is 0 Å². The Balaban J connectivity index is 0.952. The van der Waals surface area contributed by atoms with Crippen LogP contribution in [0.25, 0.3) is 98.2 Å². The van der Waals surface area contributed by atoms with E-state index in [1.54, 1.807) is 0 Å². The third kappa shape index (κ3) is 6.86. The molecule has 3 heteroatoms. The van der Waals surface area contributed by atoms with Crippen LogP contribution in [0.4, 0.5) is 17.1 Å². The maximum absolute atomic E-state index is 2.43. The van der Waals surface area contributed by atoms with Gasteiger partial charge in [-0.3, -0.25) is 0 Å². The number of allylic oxidation sites excluding steroid dienone is 1. The highest BCUT2D eigenvalue weighted by atomic mass is 32.1. The summed E-state index contributed by atoms with van der Waals surface area (Å²) in [6.45, 7) is 0. The molecule has 0 N–H and O–H groups in total. The van der Waals surface area contributed by atoms with Gasteiger partial charge in [-0.15, -0.1) is 11.3 Å². The van der Waals surface area contributed by atoms with Crippen LogP contribution in [-0.2, 0) is 6.42 Å². The monoisotopic (exact) mass is 872 g/mol. The van der Waals surface area contributed by atoms with E-state index >= 15 is 0 Å². The minimum absolute atomic E-state index is 1.09. The summed E-state index contributed by atoms with van der Waals surface area (Å²) in [5.74, 6) is 0. The molecule has 0 amide bonds. The Morgan fingerprint density at radius 3 is 1.76 bits per heavy atom. The van der Waals surface area contributed by atoms with E-state index in [0.29, 0.717) is 0 Å². The lowest BCUT2D eigenvalue weighted by atomic mass is 9.93. The molecular weight excluding hydrogens is 829 g/mol. The van der Waals surface area contributed by atoms with Crippen LogP contribution in [0.5, 0.6) is 0 Å². The summed E-state index contributed by atoms with van der Waals surface area (Å²) in [6.07, 6.45) is 6.78. The highest BCUT2D eigenvalue weighted by molar-refractivity contribution is 7.26. The molecule has 0 atom stereocenters. The van der Waals surface area contributed by atoms with Crippen molar-refractivity contribution < 1.29 is 0 Å². The molecule has 2 nitrogen and oxygen atoms in total. The minimum Gasteiger partial charge on any atom is -0.310 e. The van der Waals surface area contributed by atoms with Crippen LogP contribution in [0.3, 0.4) is 0 Å². The highest BCUT2D eigenvalue weighted by Gasteiger charge is 2.21. The predicted molar refractivity (Wildman–Crippen MR) is 287 cm³/mol. The van der Waals surface area contributed by atoms with E-state index in [1.807, 2.05) is 11.3 Å². The van der Waals surface area contributed by atoms with Crippen molar-refractivity contribution in [1.82, 2.24) is 4.57 Å². The van der Waals surface area contributed by atoms with Crippen molar-refractivity contribution in [2.24, 2.45) is 0 Å². The van der Waals surface area contributed by atoms with E-state index in [0.717, 1.165) is 52.3 Å². The van der Waals surface area contributed by atoms with Crippen LogP contribution in [0, 0.1) is 0 Å². The standard InChI is InChI=1S/C64H44N2S/c1-2-15-45(16-3-1)59-42-50(48-18-12-19-53(41-48)66-60-25-9-6-20-55(60)56-21-7-10-26-61(56)66)34-39-62(59)65(51-35-30-44(31-36-51)49-29-28-43-14-4-5-17-47(43)40-49)52-37-32-46(33-38-52)54-23-13-24-58-57-22-8-11-27-63(57)67-64(54)58/h1-3,5-13,15-42H,4,14H2. The summed E-state index contributed by atoms with van der Waals surface area (Å²) in [4.78, 5) is 2.43. The molecule has 0 fully saturated rings. The van der Waals surface area contributed by atoms with Gasteiger partial charge >= 0.3 is 0 Å². The molecule has 316 valence electrons. The number of para-hydroxylation sites is 2. The van der Waals surface area contributed by atoms with Crippen LogP contribution in [-0.4, -0.2) is 4.57 Å². The van der Waals surface area contributed by atoms with Crippen molar-refractivity contribution in [3.63, 3.8) is 0 Å². The molecule has 0 aliphatic heterocycles. The van der Waals surface area contributed by atoms with E-state index in [1.165, 1.54) is 80.9 Å². The number of aromatic nitrogens is 1. The fourth-order valence-corrected chi connectivity index (χ4v) is 11.6. The van der Waals surface area contributed by atoms with Crippen LogP contribution >= 0.6 is 11.3 Å². The number of thiophene rings is 1. The Morgan fingerprint density at radius 2 is 0.985 bits per heavy atom. The number of benzene rings is 10. The average Bonchev–Trinajstić information content (AvgIpc) is 3.96. The first-order valence-corrected chi connectivity index (χ1v) is 24.0. The largest absolute Gasteiger partial charge is 0.310 e. The Bertz CT molecular complexity index is 3800. The smallest absolute Gasteiger partial charge is 0.0541 e. The summed E-state index contributed by atoms with van der Waals surface area (Å²) in [5, 5.41) is 5.15. The van der Waals surface area contributed by atoms with Crippen molar-refractivity contribution in [2.75, 3.05) is 4.90 Å². The molecule has 67 heavy (non-hydrogen) atoms. The topological polar surface area (TPSA) is 8.17 Å². The SMILES string of the molecule is C1=Cc2cc(-c3ccc(N(c4ccc(-c5cccc6c5sc5ccccc56)cc4)c4ccc(-c5cccc(-n6c7ccccc7c7ccccc76)c5)cc4-c4ccccc4)cc3)ccc2CC1. The third-order valence-electron chi connectivity index (χ3n) is 13.7. The maximum Gasteiger partial charge on any atom is 0.0541 e. The summed E-state index contributed by atoms with van der Waals surface area (Å²) in [6, 6.07) is 85.0. The molecule has 1 aliphatic rings. The number of fused-ring (bicyclic) bond motifs is 7. The van der Waals surface area contributed by atoms with Gasteiger partial charge in [0, 0.05) is 53.6 Å². The van der Waals surface area contributed by atoms with Gasteiger partial charge in [0.2, 0.25) is 0 Å². The van der Waals surface area contributed by atoms with E-state index in [2.05, 4.69) is 252 Å². The van der Waals surface area contributed by atoms with Crippen molar-refractivity contribution in [3.8, 4) is 50.2 Å². The first kappa shape index (κ1) is 39.2. The van der Waals surface area contributed by atoms with Gasteiger partial charge in [0.1, 0.15) is 0 Å². The molecule has 0 spiro atoms. The fourth-order valence-electron chi connectivity index (χ4n) is 10.4. The molecule has 0 bridgehead atoms. The summed E-state index contributed by atoms with van der Waals surface area (Å²) in [7, 11) is 0. The van der Waals surface area contributed by atoms with Gasteiger partial charge < -0.3 is 9.47 Å². The van der Waals surface area contributed by atoms with Crippen molar-refractivity contribution in [2.45, 2.75) is 12.8 Å². The molecule has 12 aromatic rings. The quantitative estimate of drug-likeness (QED) is 0.148. The van der Waals surface area contributed by atoms with E-state index < -0.39 is 0 Å². The normalized spacial score (nSPS) is 12.3. The first-order valence-electron chi connectivity index (χ1n) is 23.2. The summed E-state index contributed by atoms with van der Waals surface area (Å²) in [5.41, 5.74) is 19.2. The number of aryl methyl sites for hydroxylation is 1. The Labute approximate surface area is 394 Å². The second-order valence-electron chi connectivity index (χ2n) is 17.6. The molecule has 1 aliphatic carbocycles. The highest BCUT2D eigenvalue weighted by Crippen LogP contribution is 2.45. The van der Waals surface area contributed by atoms with Gasteiger partial charge in [-0.05, 0) is 136 Å². The molecular formula is C64H44N2S. The zero-order valence-corrected chi connectivity index (χ0v) is 37.6. The third-order valence-corrected chi connectivity index (χ3v) is 14.9. The Kier molecular flexibility index (Phi) is 9.54. The lowest BCUT2D eigenvalue weighted by Crippen LogP contribution is -2.11. The van der Waals surface area contributed by atoms with Gasteiger partial charge in [-0.1, -0.05) is 170 Å². The second kappa shape index (κ2) is 16.3. The van der Waals surface area contributed by atoms with Gasteiger partial charge in [-0.2, -0.15) is 0 Å². The van der Waals surface area contributed by atoms with Gasteiger partial charge in [-0.25, -0.2) is 0 Å². The molecule has 10 aromatic carbocycles. The number of hydrogen-bond donors (Lipinski definition) is 0. The van der Waals surface area contributed by atoms with Gasteiger partial charge in [0.15, 0.2) is 0 Å². The Hall–Kier alpha value is -8.24. The average molecular weight is 873 g/mol. The number of rotatable bonds is 8. The number of anilines is 3. The van der Waals surface area contributed by atoms with Crippen molar-refractivity contribution in [1.29, 1.82) is 0 Å². The molecule has 0 saturated heterocycles. The number of nitrogens with zero attached hydrogens (tertiary/aromatic N) is 2. The minimum atomic E-state index is 1.09. The second-order valence-corrected chi connectivity index (χ2v) is 18.6. The molecule has 2 aromatic heterocycles. The molecule has 13 rings (SSSR count). The lowest BCUT2D eigenvalue weighted by Gasteiger charge is -2.29. The zero-order valence-electron chi connectivity index (χ0n) is 36.8. The fraction of sp³-hybridized carbons (Fsp3) is 0.0312. The van der Waals surface area contributed by atoms with Crippen LogP contribution in [0.1, 0.15) is 17.5 Å². The molecule has 0 saturated carbocycles. The summed E-state index contributed by atoms with van der Waals surface area (Å²) >= 11 is 1.88. The van der Waals surface area contributed by atoms with Crippen LogP contribution in [0.2, 0.25) is 0 Å². The molecule has 0 radical (unpaired) electrons. The van der Waals surface area contributed by atoms with Gasteiger partial charge in [0.05, 0.1) is 16.7 Å². The molecule has 2 heterocycles. The lowest BCUT2D eigenvalue weighted by molar-refractivity contribution is 0.986. The van der Waals surface area contributed by atoms with Gasteiger partial charge in [0.25, 0.3) is 0 Å². The molecule has 0 unspecified atom stereocenters.